The Morgan fingerprint density at radius 2 is 1.75 bits per heavy atom. The first-order valence-corrected chi connectivity index (χ1v) is 8.07. The van der Waals surface area contributed by atoms with E-state index in [-0.39, 0.29) is 5.54 Å². The van der Waals surface area contributed by atoms with E-state index in [0.29, 0.717) is 0 Å². The van der Waals surface area contributed by atoms with E-state index < -0.39 is 0 Å². The molecule has 114 valence electrons. The van der Waals surface area contributed by atoms with E-state index >= 15 is 0 Å². The zero-order chi connectivity index (χ0) is 14.4. The average molecular weight is 278 g/mol. The first-order valence-electron chi connectivity index (χ1n) is 8.07. The van der Waals surface area contributed by atoms with E-state index in [2.05, 4.69) is 37.1 Å². The van der Waals surface area contributed by atoms with Crippen molar-refractivity contribution in [1.29, 1.82) is 0 Å². The van der Waals surface area contributed by atoms with Crippen LogP contribution in [0.3, 0.4) is 0 Å². The molecule has 1 aromatic rings. The lowest BCUT2D eigenvalue weighted by molar-refractivity contribution is 0.222. The topological polar surface area (TPSA) is 28.4 Å². The van der Waals surface area contributed by atoms with Crippen LogP contribution in [0, 0.1) is 0 Å². The second-order valence-electron chi connectivity index (χ2n) is 7.07. The quantitative estimate of drug-likeness (QED) is 0.904. The molecule has 1 N–H and O–H groups in total. The van der Waals surface area contributed by atoms with Crippen LogP contribution in [-0.2, 0) is 13.1 Å². The van der Waals surface area contributed by atoms with E-state index in [4.69, 9.17) is 4.42 Å². The maximum absolute atomic E-state index is 5.72. The average Bonchev–Trinajstić information content (AvgIpc) is 2.77. The first kappa shape index (κ1) is 15.6. The molecule has 0 atom stereocenters. The predicted octanol–water partition coefficient (Wildman–Crippen LogP) is 3.93. The highest BCUT2D eigenvalue weighted by Crippen LogP contribution is 2.16. The van der Waals surface area contributed by atoms with Crippen molar-refractivity contribution in [3.05, 3.63) is 23.7 Å². The summed E-state index contributed by atoms with van der Waals surface area (Å²) in [6.07, 6.45) is 8.75. The zero-order valence-electron chi connectivity index (χ0n) is 13.4. The Kier molecular flexibility index (Phi) is 5.67. The fraction of sp³-hybridized carbons (Fsp3) is 0.765. The van der Waals surface area contributed by atoms with Gasteiger partial charge in [0.2, 0.25) is 0 Å². The van der Waals surface area contributed by atoms with E-state index in [1.807, 2.05) is 6.26 Å². The lowest BCUT2D eigenvalue weighted by Gasteiger charge is -2.23. The Morgan fingerprint density at radius 1 is 1.10 bits per heavy atom. The van der Waals surface area contributed by atoms with Gasteiger partial charge in [0.1, 0.15) is 5.76 Å². The standard InChI is InChI=1S/C17H30N2O/c1-17(2,3)18-12-15-11-16(20-14-15)13-19-9-7-5-4-6-8-10-19/h11,14,18H,4-10,12-13H2,1-3H3. The minimum absolute atomic E-state index is 0.153. The summed E-state index contributed by atoms with van der Waals surface area (Å²) in [6.45, 7) is 10.9. The number of nitrogens with one attached hydrogen (secondary N) is 1. The SMILES string of the molecule is CC(C)(C)NCc1coc(CN2CCCCCCC2)c1. The van der Waals surface area contributed by atoms with E-state index in [0.717, 1.165) is 18.8 Å². The molecule has 1 saturated heterocycles. The Bertz CT molecular complexity index is 384. The minimum atomic E-state index is 0.153. The molecule has 1 fully saturated rings. The number of rotatable bonds is 4. The summed E-state index contributed by atoms with van der Waals surface area (Å²) in [6, 6.07) is 2.21. The largest absolute Gasteiger partial charge is 0.468 e. The number of nitrogens with zero attached hydrogens (tertiary/aromatic N) is 1. The molecule has 0 aromatic carbocycles. The van der Waals surface area contributed by atoms with Gasteiger partial charge in [0.15, 0.2) is 0 Å². The predicted molar refractivity (Wildman–Crippen MR) is 83.7 cm³/mol. The van der Waals surface area contributed by atoms with Crippen LogP contribution in [0.4, 0.5) is 0 Å². The number of likely N-dealkylation sites (tertiary alicyclic amines) is 1. The zero-order valence-corrected chi connectivity index (χ0v) is 13.4. The van der Waals surface area contributed by atoms with Gasteiger partial charge in [-0.25, -0.2) is 0 Å². The maximum Gasteiger partial charge on any atom is 0.118 e. The van der Waals surface area contributed by atoms with E-state index in [9.17, 15) is 0 Å². The molecule has 3 heteroatoms. The van der Waals surface area contributed by atoms with Gasteiger partial charge in [-0.15, -0.1) is 0 Å². The maximum atomic E-state index is 5.72. The van der Waals surface area contributed by atoms with Crippen molar-refractivity contribution >= 4 is 0 Å². The molecule has 1 aliphatic heterocycles. The van der Waals surface area contributed by atoms with Crippen molar-refractivity contribution < 1.29 is 4.42 Å². The fourth-order valence-corrected chi connectivity index (χ4v) is 2.66. The van der Waals surface area contributed by atoms with Crippen molar-refractivity contribution in [3.63, 3.8) is 0 Å². The highest BCUT2D eigenvalue weighted by molar-refractivity contribution is 5.13. The number of furan rings is 1. The van der Waals surface area contributed by atoms with Crippen LogP contribution in [0.1, 0.15) is 64.2 Å². The van der Waals surface area contributed by atoms with E-state index in [1.54, 1.807) is 0 Å². The number of hydrogen-bond donors (Lipinski definition) is 1. The molecule has 0 radical (unpaired) electrons. The Balaban J connectivity index is 1.82. The summed E-state index contributed by atoms with van der Waals surface area (Å²) < 4.78 is 5.72. The molecular weight excluding hydrogens is 248 g/mol. The smallest absolute Gasteiger partial charge is 0.118 e. The molecule has 0 bridgehead atoms. The van der Waals surface area contributed by atoms with Crippen molar-refractivity contribution in [2.45, 2.75) is 71.5 Å². The monoisotopic (exact) mass is 278 g/mol. The molecule has 0 spiro atoms. The summed E-state index contributed by atoms with van der Waals surface area (Å²) >= 11 is 0. The molecule has 1 aliphatic rings. The van der Waals surface area contributed by atoms with Crippen LogP contribution in [0.25, 0.3) is 0 Å². The molecule has 20 heavy (non-hydrogen) atoms. The summed E-state index contributed by atoms with van der Waals surface area (Å²) in [5, 5.41) is 3.50. The summed E-state index contributed by atoms with van der Waals surface area (Å²) in [7, 11) is 0. The summed E-state index contributed by atoms with van der Waals surface area (Å²) in [4.78, 5) is 2.54. The van der Waals surface area contributed by atoms with Gasteiger partial charge in [0, 0.05) is 17.6 Å². The van der Waals surface area contributed by atoms with Crippen LogP contribution in [0.5, 0.6) is 0 Å². The van der Waals surface area contributed by atoms with Crippen molar-refractivity contribution in [2.24, 2.45) is 0 Å². The van der Waals surface area contributed by atoms with Crippen LogP contribution in [-0.4, -0.2) is 23.5 Å². The first-order chi connectivity index (χ1) is 9.53. The van der Waals surface area contributed by atoms with Crippen molar-refractivity contribution in [2.75, 3.05) is 13.1 Å². The van der Waals surface area contributed by atoms with Gasteiger partial charge in [-0.1, -0.05) is 19.3 Å². The Hall–Kier alpha value is -0.800. The van der Waals surface area contributed by atoms with Crippen LogP contribution in [0.15, 0.2) is 16.7 Å². The van der Waals surface area contributed by atoms with Crippen molar-refractivity contribution in [1.82, 2.24) is 10.2 Å². The van der Waals surface area contributed by atoms with Crippen molar-refractivity contribution in [3.8, 4) is 0 Å². The Morgan fingerprint density at radius 3 is 2.40 bits per heavy atom. The van der Waals surface area contributed by atoms with Gasteiger partial charge in [0.05, 0.1) is 12.8 Å². The molecule has 0 saturated carbocycles. The third-order valence-electron chi connectivity index (χ3n) is 3.86. The third-order valence-corrected chi connectivity index (χ3v) is 3.86. The molecule has 0 amide bonds. The molecule has 1 aromatic heterocycles. The molecular formula is C17H30N2O. The van der Waals surface area contributed by atoms with Crippen LogP contribution >= 0.6 is 0 Å². The normalized spacial score (nSPS) is 18.8. The second kappa shape index (κ2) is 7.28. The van der Waals surface area contributed by atoms with Crippen LogP contribution in [0.2, 0.25) is 0 Å². The molecule has 2 heterocycles. The molecule has 0 aliphatic carbocycles. The summed E-state index contributed by atoms with van der Waals surface area (Å²) in [5.41, 5.74) is 1.41. The second-order valence-corrected chi connectivity index (χ2v) is 7.07. The highest BCUT2D eigenvalue weighted by Gasteiger charge is 2.13. The van der Waals surface area contributed by atoms with Gasteiger partial charge >= 0.3 is 0 Å². The lowest BCUT2D eigenvalue weighted by atomic mass is 10.1. The third kappa shape index (κ3) is 5.68. The molecule has 3 nitrogen and oxygen atoms in total. The van der Waals surface area contributed by atoms with Gasteiger partial charge in [-0.3, -0.25) is 4.90 Å². The minimum Gasteiger partial charge on any atom is -0.468 e. The van der Waals surface area contributed by atoms with Gasteiger partial charge in [-0.05, 0) is 52.8 Å². The molecule has 2 rings (SSSR count). The van der Waals surface area contributed by atoms with Gasteiger partial charge in [-0.2, -0.15) is 0 Å². The Labute approximate surface area is 123 Å². The van der Waals surface area contributed by atoms with Crippen LogP contribution < -0.4 is 5.32 Å². The lowest BCUT2D eigenvalue weighted by Crippen LogP contribution is -2.34. The van der Waals surface area contributed by atoms with Gasteiger partial charge in [0.25, 0.3) is 0 Å². The van der Waals surface area contributed by atoms with E-state index in [1.165, 1.54) is 50.8 Å². The van der Waals surface area contributed by atoms with Gasteiger partial charge < -0.3 is 9.73 Å². The summed E-state index contributed by atoms with van der Waals surface area (Å²) in [5.74, 6) is 1.11. The highest BCUT2D eigenvalue weighted by atomic mass is 16.3. The fourth-order valence-electron chi connectivity index (χ4n) is 2.66. The number of hydrogen-bond acceptors (Lipinski definition) is 3. The molecule has 0 unspecified atom stereocenters.